The van der Waals surface area contributed by atoms with Crippen molar-refractivity contribution in [3.63, 3.8) is 0 Å². The maximum atomic E-state index is 13.4. The van der Waals surface area contributed by atoms with Gasteiger partial charge in [-0.2, -0.15) is 5.06 Å². The maximum Gasteiger partial charge on any atom is 0.192 e. The van der Waals surface area contributed by atoms with Gasteiger partial charge in [-0.15, -0.1) is 5.73 Å². The van der Waals surface area contributed by atoms with Gasteiger partial charge in [-0.05, 0) is 55.8 Å². The van der Waals surface area contributed by atoms with Crippen LogP contribution in [0, 0.1) is 0 Å². The van der Waals surface area contributed by atoms with Crippen LogP contribution in [0.3, 0.4) is 0 Å². The van der Waals surface area contributed by atoms with Gasteiger partial charge in [0.1, 0.15) is 18.0 Å². The molecule has 1 aromatic carbocycles. The maximum absolute atomic E-state index is 13.4. The van der Waals surface area contributed by atoms with Crippen molar-refractivity contribution in [2.75, 3.05) is 27.8 Å². The fraction of sp³-hybridized carbons (Fsp3) is 0.667. The molecule has 0 N–H and O–H groups in total. The van der Waals surface area contributed by atoms with Crippen molar-refractivity contribution in [2.24, 2.45) is 0 Å². The van der Waals surface area contributed by atoms with Crippen LogP contribution in [-0.2, 0) is 34.9 Å². The van der Waals surface area contributed by atoms with E-state index in [1.54, 1.807) is 32.4 Å². The lowest BCUT2D eigenvalue weighted by Gasteiger charge is -2.41. The monoisotopic (exact) mass is 563 g/mol. The number of Topliss-reactive ketones (excluding diaryl/α,β-unsaturated/α-hetero) is 1. The highest BCUT2D eigenvalue weighted by molar-refractivity contribution is 6.74. The lowest BCUT2D eigenvalue weighted by molar-refractivity contribution is -0.161. The number of nitrogens with zero attached hydrogens (tertiary/aromatic N) is 1. The summed E-state index contributed by atoms with van der Waals surface area (Å²) in [6.07, 6.45) is 0.347. The van der Waals surface area contributed by atoms with Crippen molar-refractivity contribution in [3.05, 3.63) is 48.2 Å². The third kappa shape index (κ3) is 9.95. The number of hydrogen-bond acceptors (Lipinski definition) is 8. The summed E-state index contributed by atoms with van der Waals surface area (Å²) >= 11 is 0. The Labute approximate surface area is 236 Å². The van der Waals surface area contributed by atoms with Crippen LogP contribution in [-0.4, -0.2) is 77.2 Å². The molecule has 0 aromatic heterocycles. The highest BCUT2D eigenvalue weighted by atomic mass is 28.4. The van der Waals surface area contributed by atoms with Gasteiger partial charge in [0.15, 0.2) is 19.9 Å². The molecule has 39 heavy (non-hydrogen) atoms. The molecule has 1 aromatic rings. The van der Waals surface area contributed by atoms with Gasteiger partial charge in [0.05, 0.1) is 33.0 Å². The molecule has 0 saturated carbocycles. The molecule has 8 nitrogen and oxygen atoms in total. The molecule has 9 heteroatoms. The minimum Gasteiger partial charge on any atom is -0.497 e. The zero-order chi connectivity index (χ0) is 29.4. The minimum atomic E-state index is -2.27. The summed E-state index contributed by atoms with van der Waals surface area (Å²) in [7, 11) is 2.74. The topological polar surface area (TPSA) is 75.7 Å². The van der Waals surface area contributed by atoms with Crippen molar-refractivity contribution in [2.45, 2.75) is 102 Å². The average molecular weight is 564 g/mol. The Hall–Kier alpha value is -1.81. The van der Waals surface area contributed by atoms with E-state index in [1.807, 2.05) is 38.1 Å². The van der Waals surface area contributed by atoms with Gasteiger partial charge < -0.3 is 28.2 Å². The number of carbonyl (C=O) groups excluding carboxylic acids is 1. The minimum absolute atomic E-state index is 0.0470. The average Bonchev–Trinajstić information content (AvgIpc) is 3.20. The molecule has 0 unspecified atom stereocenters. The molecule has 1 heterocycles. The van der Waals surface area contributed by atoms with E-state index in [9.17, 15) is 4.79 Å². The number of hydrogen-bond donors (Lipinski definition) is 0. The van der Waals surface area contributed by atoms with Gasteiger partial charge in [-0.3, -0.25) is 4.79 Å². The van der Waals surface area contributed by atoms with Crippen LogP contribution in [0.4, 0.5) is 0 Å². The summed E-state index contributed by atoms with van der Waals surface area (Å²) in [6.45, 7) is 19.2. The van der Waals surface area contributed by atoms with Crippen LogP contribution >= 0.6 is 0 Å². The third-order valence-electron chi connectivity index (χ3n) is 7.44. The van der Waals surface area contributed by atoms with E-state index < -0.39 is 32.4 Å². The molecule has 1 saturated heterocycles. The fourth-order valence-corrected chi connectivity index (χ4v) is 5.43. The lowest BCUT2D eigenvalue weighted by atomic mass is 9.98. The molecule has 0 amide bonds. The van der Waals surface area contributed by atoms with E-state index in [0.29, 0.717) is 19.6 Å². The van der Waals surface area contributed by atoms with E-state index in [1.165, 1.54) is 0 Å². The molecular weight excluding hydrogens is 514 g/mol. The second-order valence-corrected chi connectivity index (χ2v) is 16.7. The largest absolute Gasteiger partial charge is 0.497 e. The quantitative estimate of drug-likeness (QED) is 0.153. The molecule has 1 fully saturated rings. The van der Waals surface area contributed by atoms with Gasteiger partial charge in [-0.25, -0.2) is 0 Å². The molecular formula is C30H49NO7Si. The Morgan fingerprint density at radius 2 is 1.85 bits per heavy atom. The van der Waals surface area contributed by atoms with Crippen molar-refractivity contribution in [3.8, 4) is 5.75 Å². The first kappa shape index (κ1) is 33.4. The molecule has 1 aliphatic heterocycles. The first-order chi connectivity index (χ1) is 18.1. The van der Waals surface area contributed by atoms with Crippen LogP contribution in [0.5, 0.6) is 5.75 Å². The Morgan fingerprint density at radius 1 is 1.21 bits per heavy atom. The van der Waals surface area contributed by atoms with Gasteiger partial charge in [-0.1, -0.05) is 39.5 Å². The van der Waals surface area contributed by atoms with Crippen molar-refractivity contribution in [1.29, 1.82) is 0 Å². The van der Waals surface area contributed by atoms with Crippen LogP contribution in [0.1, 0.15) is 53.0 Å². The van der Waals surface area contributed by atoms with E-state index in [4.69, 9.17) is 28.2 Å². The number of rotatable bonds is 15. The Bertz CT molecular complexity index is 967. The van der Waals surface area contributed by atoms with Crippen molar-refractivity contribution >= 4 is 14.1 Å². The normalized spacial score (nSPS) is 20.9. The number of methoxy groups -OCH3 is 1. The fourth-order valence-electron chi connectivity index (χ4n) is 4.09. The number of ether oxygens (including phenoxy) is 4. The smallest absolute Gasteiger partial charge is 0.192 e. The summed E-state index contributed by atoms with van der Waals surface area (Å²) in [5.74, 6) is -0.188. The summed E-state index contributed by atoms with van der Waals surface area (Å²) in [4.78, 5) is 18.6. The van der Waals surface area contributed by atoms with E-state index in [-0.39, 0.29) is 23.3 Å². The van der Waals surface area contributed by atoms with Crippen LogP contribution in [0.15, 0.2) is 42.7 Å². The third-order valence-corrected chi connectivity index (χ3v) is 11.9. The van der Waals surface area contributed by atoms with Gasteiger partial charge in [0, 0.05) is 26.4 Å². The highest BCUT2D eigenvalue weighted by Crippen LogP contribution is 2.41. The zero-order valence-corrected chi connectivity index (χ0v) is 26.5. The molecule has 0 radical (unpaired) electrons. The summed E-state index contributed by atoms with van der Waals surface area (Å²) in [5.41, 5.74) is 3.89. The summed E-state index contributed by atoms with van der Waals surface area (Å²) in [6, 6.07) is 7.76. The highest BCUT2D eigenvalue weighted by Gasteiger charge is 2.51. The Balaban J connectivity index is 2.34. The zero-order valence-electron chi connectivity index (χ0n) is 25.5. The van der Waals surface area contributed by atoms with E-state index >= 15 is 0 Å². The van der Waals surface area contributed by atoms with Gasteiger partial charge in [0.25, 0.3) is 0 Å². The molecule has 4 atom stereocenters. The van der Waals surface area contributed by atoms with Gasteiger partial charge >= 0.3 is 0 Å². The summed E-state index contributed by atoms with van der Waals surface area (Å²) < 4.78 is 31.1. The first-order valence-corrected chi connectivity index (χ1v) is 16.4. The molecule has 0 bridgehead atoms. The van der Waals surface area contributed by atoms with E-state index in [2.05, 4.69) is 46.2 Å². The van der Waals surface area contributed by atoms with E-state index in [0.717, 1.165) is 11.3 Å². The van der Waals surface area contributed by atoms with Crippen LogP contribution in [0.2, 0.25) is 18.1 Å². The number of carbonyl (C=O) groups is 1. The Kier molecular flexibility index (Phi) is 12.2. The SMILES string of the molecule is C=C=C[C@H](C[C@H](O[Si](C)(C)C(C)(C)C)[C@@H]1OC(C)(C)O[C@@H]1C(=O)CCN(C)OC)OCc1ccc(OC)cc1. The van der Waals surface area contributed by atoms with Crippen molar-refractivity contribution in [1.82, 2.24) is 5.06 Å². The predicted molar refractivity (Wildman–Crippen MR) is 155 cm³/mol. The number of hydroxylamine groups is 2. The molecule has 220 valence electrons. The van der Waals surface area contributed by atoms with Gasteiger partial charge in [0.2, 0.25) is 0 Å². The number of ketones is 1. The number of benzene rings is 1. The molecule has 0 spiro atoms. The Morgan fingerprint density at radius 3 is 2.38 bits per heavy atom. The molecule has 2 rings (SSSR count). The van der Waals surface area contributed by atoms with Crippen LogP contribution < -0.4 is 4.74 Å². The standard InChI is InChI=1S/C30H49NO7Si/c1-12-13-24(35-21-22-14-16-23(33-8)17-15-22)20-26(38-39(10,11)29(2,3)4)28-27(36-30(5,6)37-28)25(32)18-19-31(7)34-9/h13-17,24,26-28H,1,18-21H2,2-11H3/t24-,26+,27-,28+/m1/s1. The molecule has 0 aliphatic carbocycles. The predicted octanol–water partition coefficient (Wildman–Crippen LogP) is 5.67. The second-order valence-electron chi connectivity index (χ2n) is 12.0. The lowest BCUT2D eigenvalue weighted by Crippen LogP contribution is -2.51. The summed E-state index contributed by atoms with van der Waals surface area (Å²) in [5, 5.41) is 1.57. The second kappa shape index (κ2) is 14.2. The van der Waals surface area contributed by atoms with Crippen LogP contribution in [0.25, 0.3) is 0 Å². The van der Waals surface area contributed by atoms with Crippen molar-refractivity contribution < 1.29 is 33.0 Å². The first-order valence-electron chi connectivity index (χ1n) is 13.5. The molecule has 1 aliphatic rings.